The minimum atomic E-state index is -0.165. The zero-order valence-electron chi connectivity index (χ0n) is 15.8. The van der Waals surface area contributed by atoms with E-state index in [4.69, 9.17) is 16.3 Å². The lowest BCUT2D eigenvalue weighted by molar-refractivity contribution is -0.121. The molecule has 148 valence electrons. The summed E-state index contributed by atoms with van der Waals surface area (Å²) < 4.78 is 5.42. The second kappa shape index (κ2) is 9.31. The van der Waals surface area contributed by atoms with Crippen LogP contribution in [0.2, 0.25) is 5.02 Å². The second-order valence-corrected chi connectivity index (χ2v) is 8.94. The maximum absolute atomic E-state index is 13.0. The Morgan fingerprint density at radius 1 is 1.11 bits per heavy atom. The molecule has 0 radical (unpaired) electrons. The molecule has 28 heavy (non-hydrogen) atoms. The van der Waals surface area contributed by atoms with Gasteiger partial charge < -0.3 is 10.1 Å². The van der Waals surface area contributed by atoms with Gasteiger partial charge in [-0.1, -0.05) is 41.9 Å². The first-order chi connectivity index (χ1) is 13.7. The molecule has 2 unspecified atom stereocenters. The third kappa shape index (κ3) is 4.90. The Kier molecular flexibility index (Phi) is 6.58. The number of thioether (sulfide) groups is 1. The smallest absolute Gasteiger partial charge is 0.237 e. The van der Waals surface area contributed by atoms with Crippen molar-refractivity contribution in [3.63, 3.8) is 0 Å². The predicted molar refractivity (Wildman–Crippen MR) is 116 cm³/mol. The second-order valence-electron chi connectivity index (χ2n) is 7.29. The van der Waals surface area contributed by atoms with Crippen LogP contribution < -0.4 is 5.32 Å². The first kappa shape index (κ1) is 19.8. The van der Waals surface area contributed by atoms with Gasteiger partial charge in [-0.25, -0.2) is 0 Å². The van der Waals surface area contributed by atoms with Crippen LogP contribution in [0, 0.1) is 0 Å². The molecule has 1 N–H and O–H groups in total. The van der Waals surface area contributed by atoms with Crippen LogP contribution in [-0.2, 0) is 9.53 Å². The Morgan fingerprint density at radius 3 is 2.68 bits per heavy atom. The Labute approximate surface area is 175 Å². The fraction of sp³-hybridized carbons (Fsp3) is 0.409. The Balaban J connectivity index is 1.46. The van der Waals surface area contributed by atoms with Gasteiger partial charge in [-0.3, -0.25) is 9.69 Å². The first-order valence-corrected chi connectivity index (χ1v) is 11.2. The van der Waals surface area contributed by atoms with Crippen molar-refractivity contribution >= 4 is 29.3 Å². The molecule has 0 aliphatic carbocycles. The molecule has 0 aromatic heterocycles. The Hall–Kier alpha value is -1.53. The number of amides is 1. The molecule has 2 aromatic carbocycles. The molecule has 4 rings (SSSR count). The number of carbonyl (C=O) groups excluding carboxylic acids is 1. The van der Waals surface area contributed by atoms with Crippen LogP contribution in [-0.4, -0.2) is 55.4 Å². The normalized spacial score (nSPS) is 23.8. The predicted octanol–water partition coefficient (Wildman–Crippen LogP) is 4.00. The third-order valence-corrected chi connectivity index (χ3v) is 6.83. The van der Waals surface area contributed by atoms with Crippen LogP contribution in [0.25, 0.3) is 11.1 Å². The van der Waals surface area contributed by atoms with Crippen LogP contribution in [0.5, 0.6) is 0 Å². The SMILES string of the molecule is O=C1NC(CN2CCOCC2)CCSC1c1cccc(-c2ccc(Cl)cc2)c1. The Bertz CT molecular complexity index is 808. The summed E-state index contributed by atoms with van der Waals surface area (Å²) in [6.45, 7) is 4.39. The minimum Gasteiger partial charge on any atom is -0.379 e. The summed E-state index contributed by atoms with van der Waals surface area (Å²) in [5, 5.41) is 3.84. The Morgan fingerprint density at radius 2 is 1.89 bits per heavy atom. The highest BCUT2D eigenvalue weighted by atomic mass is 35.5. The van der Waals surface area contributed by atoms with E-state index >= 15 is 0 Å². The largest absolute Gasteiger partial charge is 0.379 e. The summed E-state index contributed by atoms with van der Waals surface area (Å²) in [5.74, 6) is 1.10. The average Bonchev–Trinajstić information content (AvgIpc) is 2.90. The van der Waals surface area contributed by atoms with Crippen molar-refractivity contribution in [2.45, 2.75) is 17.7 Å². The average molecular weight is 417 g/mol. The van der Waals surface area contributed by atoms with Crippen LogP contribution in [0.1, 0.15) is 17.2 Å². The van der Waals surface area contributed by atoms with E-state index in [0.717, 1.165) is 66.7 Å². The number of ether oxygens (including phenoxy) is 1. The van der Waals surface area contributed by atoms with Gasteiger partial charge in [0.2, 0.25) is 5.91 Å². The summed E-state index contributed by atoms with van der Waals surface area (Å²) in [4.78, 5) is 15.4. The van der Waals surface area contributed by atoms with Crippen molar-refractivity contribution in [3.05, 3.63) is 59.1 Å². The molecule has 0 bridgehead atoms. The van der Waals surface area contributed by atoms with Gasteiger partial charge >= 0.3 is 0 Å². The molecule has 2 atom stereocenters. The van der Waals surface area contributed by atoms with E-state index in [1.54, 1.807) is 11.8 Å². The zero-order valence-corrected chi connectivity index (χ0v) is 17.3. The molecule has 4 nitrogen and oxygen atoms in total. The number of halogens is 1. The topological polar surface area (TPSA) is 41.6 Å². The van der Waals surface area contributed by atoms with Gasteiger partial charge in [0, 0.05) is 30.7 Å². The number of hydrogen-bond donors (Lipinski definition) is 1. The summed E-state index contributed by atoms with van der Waals surface area (Å²) in [6.07, 6.45) is 1.00. The lowest BCUT2D eigenvalue weighted by Gasteiger charge is -2.30. The van der Waals surface area contributed by atoms with E-state index in [2.05, 4.69) is 28.4 Å². The van der Waals surface area contributed by atoms with Gasteiger partial charge in [-0.15, -0.1) is 11.8 Å². The van der Waals surface area contributed by atoms with E-state index in [1.807, 2.05) is 30.3 Å². The molecular weight excluding hydrogens is 392 g/mol. The number of rotatable bonds is 4. The summed E-state index contributed by atoms with van der Waals surface area (Å²) in [7, 11) is 0. The van der Waals surface area contributed by atoms with E-state index < -0.39 is 0 Å². The first-order valence-electron chi connectivity index (χ1n) is 9.77. The highest BCUT2D eigenvalue weighted by Gasteiger charge is 2.28. The quantitative estimate of drug-likeness (QED) is 0.817. The fourth-order valence-electron chi connectivity index (χ4n) is 3.76. The molecule has 2 aromatic rings. The van der Waals surface area contributed by atoms with Gasteiger partial charge in [0.1, 0.15) is 5.25 Å². The molecule has 1 amide bonds. The lowest BCUT2D eigenvalue weighted by Crippen LogP contribution is -2.47. The van der Waals surface area contributed by atoms with E-state index in [9.17, 15) is 4.79 Å². The molecule has 0 saturated carbocycles. The fourth-order valence-corrected chi connectivity index (χ4v) is 5.10. The molecule has 0 spiro atoms. The third-order valence-electron chi connectivity index (χ3n) is 5.28. The maximum Gasteiger partial charge on any atom is 0.237 e. The highest BCUT2D eigenvalue weighted by Crippen LogP contribution is 2.34. The zero-order chi connectivity index (χ0) is 19.3. The number of carbonyl (C=O) groups is 1. The van der Waals surface area contributed by atoms with Crippen molar-refractivity contribution in [3.8, 4) is 11.1 Å². The molecular formula is C22H25ClN2O2S. The van der Waals surface area contributed by atoms with Gasteiger partial charge in [-0.2, -0.15) is 0 Å². The standard InChI is InChI=1S/C22H25ClN2O2S/c23-19-6-4-16(5-7-19)17-2-1-3-18(14-17)21-22(26)24-20(8-13-28-21)15-25-9-11-27-12-10-25/h1-7,14,20-21H,8-13,15H2,(H,24,26). The lowest BCUT2D eigenvalue weighted by atomic mass is 10.0. The molecule has 2 heterocycles. The molecule has 2 fully saturated rings. The monoisotopic (exact) mass is 416 g/mol. The molecule has 6 heteroatoms. The molecule has 2 aliphatic rings. The maximum atomic E-state index is 13.0. The van der Waals surface area contributed by atoms with Crippen molar-refractivity contribution in [1.29, 1.82) is 0 Å². The van der Waals surface area contributed by atoms with Crippen molar-refractivity contribution < 1.29 is 9.53 Å². The van der Waals surface area contributed by atoms with Gasteiger partial charge in [-0.05, 0) is 47.1 Å². The van der Waals surface area contributed by atoms with Crippen molar-refractivity contribution in [1.82, 2.24) is 10.2 Å². The van der Waals surface area contributed by atoms with Crippen LogP contribution in [0.3, 0.4) is 0 Å². The van der Waals surface area contributed by atoms with E-state index in [1.165, 1.54) is 0 Å². The van der Waals surface area contributed by atoms with Crippen LogP contribution >= 0.6 is 23.4 Å². The van der Waals surface area contributed by atoms with Crippen molar-refractivity contribution in [2.24, 2.45) is 0 Å². The van der Waals surface area contributed by atoms with Crippen molar-refractivity contribution in [2.75, 3.05) is 38.6 Å². The number of morpholine rings is 1. The van der Waals surface area contributed by atoms with Gasteiger partial charge in [0.25, 0.3) is 0 Å². The number of hydrogen-bond acceptors (Lipinski definition) is 4. The minimum absolute atomic E-state index is 0.119. The number of nitrogens with zero attached hydrogens (tertiary/aromatic N) is 1. The van der Waals surface area contributed by atoms with E-state index in [0.29, 0.717) is 0 Å². The number of nitrogens with one attached hydrogen (secondary N) is 1. The molecule has 2 aliphatic heterocycles. The van der Waals surface area contributed by atoms with Gasteiger partial charge in [0.05, 0.1) is 13.2 Å². The van der Waals surface area contributed by atoms with E-state index in [-0.39, 0.29) is 17.2 Å². The highest BCUT2D eigenvalue weighted by molar-refractivity contribution is 8.00. The van der Waals surface area contributed by atoms with Gasteiger partial charge in [0.15, 0.2) is 0 Å². The van der Waals surface area contributed by atoms with Crippen LogP contribution in [0.4, 0.5) is 0 Å². The summed E-state index contributed by atoms with van der Waals surface area (Å²) in [5.41, 5.74) is 3.27. The van der Waals surface area contributed by atoms with Crippen LogP contribution in [0.15, 0.2) is 48.5 Å². The summed E-state index contributed by atoms with van der Waals surface area (Å²) in [6, 6.07) is 16.3. The number of benzene rings is 2. The summed E-state index contributed by atoms with van der Waals surface area (Å²) >= 11 is 7.75. The molecule has 2 saturated heterocycles.